The van der Waals surface area contributed by atoms with Crippen LogP contribution >= 0.6 is 0 Å². The lowest BCUT2D eigenvalue weighted by atomic mass is 9.93. The van der Waals surface area contributed by atoms with E-state index in [4.69, 9.17) is 25.2 Å². The molecule has 5 rings (SSSR count). The van der Waals surface area contributed by atoms with Gasteiger partial charge in [0.2, 0.25) is 0 Å². The zero-order valence-electron chi connectivity index (χ0n) is 25.3. The second-order valence-corrected chi connectivity index (χ2v) is 10.2. The van der Waals surface area contributed by atoms with Crippen LogP contribution in [0.1, 0.15) is 28.3 Å². The van der Waals surface area contributed by atoms with Gasteiger partial charge in [-0.25, -0.2) is 23.6 Å². The van der Waals surface area contributed by atoms with Crippen LogP contribution in [0, 0.1) is 5.82 Å². The molecule has 0 aromatic heterocycles. The smallest absolute Gasteiger partial charge is 0.328 e. The molecule has 0 bridgehead atoms. The lowest BCUT2D eigenvalue weighted by Gasteiger charge is -2.39. The van der Waals surface area contributed by atoms with Crippen LogP contribution in [0.15, 0.2) is 103 Å². The van der Waals surface area contributed by atoms with Gasteiger partial charge in [-0.05, 0) is 22.8 Å². The molecule has 0 aliphatic carbocycles. The molecule has 246 valence electrons. The Bertz CT molecular complexity index is 1550. The number of ether oxygens (including phenoxy) is 1. The summed E-state index contributed by atoms with van der Waals surface area (Å²) < 4.78 is 19.9. The van der Waals surface area contributed by atoms with E-state index in [-0.39, 0.29) is 11.9 Å². The number of piperazine rings is 1. The van der Waals surface area contributed by atoms with Gasteiger partial charge in [0.25, 0.3) is 0 Å². The summed E-state index contributed by atoms with van der Waals surface area (Å²) in [5.41, 5.74) is 4.74. The molecule has 2 heterocycles. The van der Waals surface area contributed by atoms with Crippen molar-refractivity contribution in [1.82, 2.24) is 9.80 Å². The predicted octanol–water partition coefficient (Wildman–Crippen LogP) is 4.56. The number of hydrogen-bond acceptors (Lipinski definition) is 7. The number of aliphatic carboxylic acids is 4. The van der Waals surface area contributed by atoms with Crippen LogP contribution in [0.3, 0.4) is 0 Å². The van der Waals surface area contributed by atoms with Gasteiger partial charge in [0.05, 0.1) is 6.04 Å². The van der Waals surface area contributed by atoms with Gasteiger partial charge in [0, 0.05) is 68.7 Å². The predicted molar refractivity (Wildman–Crippen MR) is 171 cm³/mol. The van der Waals surface area contributed by atoms with Crippen molar-refractivity contribution in [2.24, 2.45) is 0 Å². The zero-order valence-corrected chi connectivity index (χ0v) is 25.3. The minimum Gasteiger partial charge on any atom is -0.488 e. The summed E-state index contributed by atoms with van der Waals surface area (Å²) in [4.78, 5) is 43.2. The van der Waals surface area contributed by atoms with E-state index in [0.717, 1.165) is 38.3 Å². The maximum atomic E-state index is 13.9. The van der Waals surface area contributed by atoms with Crippen molar-refractivity contribution in [3.63, 3.8) is 0 Å². The Hall–Kier alpha value is -5.59. The van der Waals surface area contributed by atoms with Crippen LogP contribution in [0.2, 0.25) is 0 Å². The van der Waals surface area contributed by atoms with E-state index < -0.39 is 23.9 Å². The number of hydrogen-bond donors (Lipinski definition) is 4. The van der Waals surface area contributed by atoms with E-state index in [0.29, 0.717) is 36.7 Å². The molecule has 11 nitrogen and oxygen atoms in total. The molecule has 4 N–H and O–H groups in total. The minimum atomic E-state index is -1.26. The number of carboxylic acids is 4. The molecule has 12 heteroatoms. The van der Waals surface area contributed by atoms with Gasteiger partial charge in [-0.15, -0.1) is 0 Å². The first-order valence-electron chi connectivity index (χ1n) is 14.5. The van der Waals surface area contributed by atoms with Crippen molar-refractivity contribution < 1.29 is 48.7 Å². The average molecular weight is 647 g/mol. The van der Waals surface area contributed by atoms with Crippen molar-refractivity contribution in [2.45, 2.75) is 12.6 Å². The van der Waals surface area contributed by atoms with Crippen molar-refractivity contribution in [3.05, 3.63) is 131 Å². The quantitative estimate of drug-likeness (QED) is 0.254. The summed E-state index contributed by atoms with van der Waals surface area (Å²) >= 11 is 0. The molecule has 0 amide bonds. The van der Waals surface area contributed by atoms with Crippen LogP contribution in [-0.4, -0.2) is 86.8 Å². The topological polar surface area (TPSA) is 165 Å². The molecule has 0 radical (unpaired) electrons. The second kappa shape index (κ2) is 18.4. The molecular formula is C35H35FN2O9. The molecule has 0 saturated carbocycles. The van der Waals surface area contributed by atoms with Crippen molar-refractivity contribution >= 4 is 30.0 Å². The van der Waals surface area contributed by atoms with E-state index in [1.165, 1.54) is 22.8 Å². The van der Waals surface area contributed by atoms with Gasteiger partial charge in [-0.3, -0.25) is 9.80 Å². The van der Waals surface area contributed by atoms with Gasteiger partial charge in [0.1, 0.15) is 18.2 Å². The Balaban J connectivity index is 0.000000312. The van der Waals surface area contributed by atoms with Crippen molar-refractivity contribution in [2.75, 3.05) is 32.7 Å². The summed E-state index contributed by atoms with van der Waals surface area (Å²) in [6, 6.07) is 23.9. The third-order valence-electron chi connectivity index (χ3n) is 6.99. The van der Waals surface area contributed by atoms with Gasteiger partial charge in [-0.2, -0.15) is 0 Å². The third kappa shape index (κ3) is 12.4. The lowest BCUT2D eigenvalue weighted by molar-refractivity contribution is -0.134. The van der Waals surface area contributed by atoms with Crippen LogP contribution in [0.5, 0.6) is 5.75 Å². The summed E-state index contributed by atoms with van der Waals surface area (Å²) in [5, 5.41) is 31.2. The van der Waals surface area contributed by atoms with Crippen LogP contribution < -0.4 is 4.74 Å². The Morgan fingerprint density at radius 2 is 1.28 bits per heavy atom. The number of carboxylic acid groups (broad SMARTS) is 4. The standard InChI is InChI=1S/C27H27FN2O.2C4H4O4/c28-23-12-13-25-26(19-23)31-20-22-10-4-5-11-24(22)27(25)30-17-15-29(16-18-30)14-6-9-21-7-2-1-3-8-21;2*5-3(6)1-2-4(7)8/h1-13,19,27H,14-18,20H2;2*1-2H,(H,5,6)(H,7,8)/b9-6+;2*2-1-. The highest BCUT2D eigenvalue weighted by atomic mass is 19.1. The lowest BCUT2D eigenvalue weighted by Crippen LogP contribution is -2.47. The number of rotatable bonds is 8. The monoisotopic (exact) mass is 646 g/mol. The molecule has 2 aliphatic rings. The highest BCUT2D eigenvalue weighted by molar-refractivity contribution is 5.90. The van der Waals surface area contributed by atoms with E-state index in [1.807, 2.05) is 18.2 Å². The molecular weight excluding hydrogens is 611 g/mol. The normalized spacial score (nSPS) is 16.1. The zero-order chi connectivity index (χ0) is 34.2. The van der Waals surface area contributed by atoms with Crippen LogP contribution in [0.25, 0.3) is 6.08 Å². The second-order valence-electron chi connectivity index (χ2n) is 10.2. The molecule has 1 unspecified atom stereocenters. The maximum absolute atomic E-state index is 13.9. The highest BCUT2D eigenvalue weighted by Gasteiger charge is 2.31. The van der Waals surface area contributed by atoms with Gasteiger partial charge in [-0.1, -0.05) is 72.8 Å². The van der Waals surface area contributed by atoms with E-state index >= 15 is 0 Å². The number of nitrogens with zero attached hydrogens (tertiary/aromatic N) is 2. The number of halogens is 1. The Kier molecular flexibility index (Phi) is 14.0. The van der Waals surface area contributed by atoms with Crippen molar-refractivity contribution in [3.8, 4) is 5.75 Å². The first-order chi connectivity index (χ1) is 22.5. The number of fused-ring (bicyclic) bond motifs is 2. The summed E-state index contributed by atoms with van der Waals surface area (Å²) in [5.74, 6) is -4.62. The molecule has 2 aliphatic heterocycles. The summed E-state index contributed by atoms with van der Waals surface area (Å²) in [7, 11) is 0. The first-order valence-corrected chi connectivity index (χ1v) is 14.5. The van der Waals surface area contributed by atoms with Gasteiger partial charge >= 0.3 is 23.9 Å². The molecule has 1 atom stereocenters. The Morgan fingerprint density at radius 3 is 1.85 bits per heavy atom. The fourth-order valence-corrected chi connectivity index (χ4v) is 4.90. The van der Waals surface area contributed by atoms with Gasteiger partial charge < -0.3 is 25.2 Å². The molecule has 1 fully saturated rings. The number of benzene rings is 3. The van der Waals surface area contributed by atoms with E-state index in [9.17, 15) is 23.6 Å². The Morgan fingerprint density at radius 1 is 0.723 bits per heavy atom. The molecule has 47 heavy (non-hydrogen) atoms. The Labute approximate surface area is 270 Å². The molecule has 3 aromatic carbocycles. The van der Waals surface area contributed by atoms with E-state index in [1.54, 1.807) is 6.07 Å². The number of carbonyl (C=O) groups is 4. The summed E-state index contributed by atoms with van der Waals surface area (Å²) in [6.45, 7) is 5.39. The highest BCUT2D eigenvalue weighted by Crippen LogP contribution is 2.40. The third-order valence-corrected chi connectivity index (χ3v) is 6.99. The fraction of sp³-hybridized carbons (Fsp3) is 0.200. The van der Waals surface area contributed by atoms with Crippen LogP contribution in [0.4, 0.5) is 4.39 Å². The molecule has 0 spiro atoms. The molecule has 1 saturated heterocycles. The van der Waals surface area contributed by atoms with E-state index in [2.05, 4.69) is 64.4 Å². The fourth-order valence-electron chi connectivity index (χ4n) is 4.90. The average Bonchev–Trinajstić information content (AvgIpc) is 3.21. The SMILES string of the molecule is Fc1ccc2c(c1)OCc1ccccc1C2N1CCN(C/C=C/c2ccccc2)CC1.O=C(O)/C=C\C(=O)O.O=C(O)/C=C\C(=O)O. The molecule has 3 aromatic rings. The minimum absolute atomic E-state index is 0.0938. The largest absolute Gasteiger partial charge is 0.488 e. The maximum Gasteiger partial charge on any atom is 0.328 e. The van der Waals surface area contributed by atoms with Crippen LogP contribution in [-0.2, 0) is 25.8 Å². The van der Waals surface area contributed by atoms with Crippen molar-refractivity contribution in [1.29, 1.82) is 0 Å². The van der Waals surface area contributed by atoms with Gasteiger partial charge in [0.15, 0.2) is 0 Å². The summed E-state index contributed by atoms with van der Waals surface area (Å²) in [6.07, 6.45) is 6.67. The first kappa shape index (κ1) is 35.9.